The summed E-state index contributed by atoms with van der Waals surface area (Å²) in [6.45, 7) is 15.3. The van der Waals surface area contributed by atoms with Crippen LogP contribution in [0.15, 0.2) is 11.6 Å². The second kappa shape index (κ2) is 8.94. The maximum absolute atomic E-state index is 2.78. The van der Waals surface area contributed by atoms with Crippen LogP contribution in [0.2, 0.25) is 0 Å². The van der Waals surface area contributed by atoms with Gasteiger partial charge in [-0.1, -0.05) is 85.3 Å². The lowest BCUT2D eigenvalue weighted by Crippen LogP contribution is -2.54. The van der Waals surface area contributed by atoms with E-state index in [0.29, 0.717) is 10.8 Å². The van der Waals surface area contributed by atoms with E-state index in [1.54, 1.807) is 0 Å². The smallest absolute Gasteiger partial charge is 0 e. The Balaban J connectivity index is 0.00000181. The lowest BCUT2D eigenvalue weighted by Gasteiger charge is -2.62. The van der Waals surface area contributed by atoms with Crippen LogP contribution in [-0.2, 0) is 0 Å². The highest BCUT2D eigenvalue weighted by molar-refractivity contribution is 5.25. The number of hydrogen-bond donors (Lipinski definition) is 0. The predicted molar refractivity (Wildman–Crippen MR) is 138 cm³/mol. The highest BCUT2D eigenvalue weighted by atomic mass is 14.6. The van der Waals surface area contributed by atoms with Gasteiger partial charge in [0.15, 0.2) is 0 Å². The van der Waals surface area contributed by atoms with Crippen LogP contribution in [0.25, 0.3) is 0 Å². The van der Waals surface area contributed by atoms with Gasteiger partial charge in [-0.05, 0) is 104 Å². The first kappa shape index (κ1) is 22.9. The van der Waals surface area contributed by atoms with Gasteiger partial charge in [-0.15, -0.1) is 0 Å². The average molecular weight is 419 g/mol. The van der Waals surface area contributed by atoms with Crippen LogP contribution in [0.4, 0.5) is 0 Å². The van der Waals surface area contributed by atoms with Crippen molar-refractivity contribution in [2.24, 2.45) is 52.3 Å². The highest BCUT2D eigenvalue weighted by Gasteiger charge is 2.57. The van der Waals surface area contributed by atoms with Crippen LogP contribution in [0.1, 0.15) is 129 Å². The first-order chi connectivity index (χ1) is 14.3. The molecule has 0 amide bonds. The van der Waals surface area contributed by atoms with Gasteiger partial charge in [0.2, 0.25) is 0 Å². The molecule has 0 heterocycles. The van der Waals surface area contributed by atoms with Gasteiger partial charge in [0.05, 0.1) is 0 Å². The van der Waals surface area contributed by atoms with Gasteiger partial charge in [-0.25, -0.2) is 0 Å². The fraction of sp³-hybridized carbons (Fsp3) is 0.933. The fourth-order valence-electron chi connectivity index (χ4n) is 9.31. The minimum atomic E-state index is 0. The van der Waals surface area contributed by atoms with Crippen molar-refractivity contribution in [1.29, 1.82) is 0 Å². The van der Waals surface area contributed by atoms with Crippen molar-refractivity contribution < 1.29 is 4.28 Å². The minimum Gasteiger partial charge on any atom is -0.0845 e. The van der Waals surface area contributed by atoms with Gasteiger partial charge < -0.3 is 0 Å². The van der Waals surface area contributed by atoms with Gasteiger partial charge >= 0.3 is 0 Å². The summed E-state index contributed by atoms with van der Waals surface area (Å²) in [7, 11) is 0. The number of rotatable bonds is 6. The van der Waals surface area contributed by atoms with E-state index in [1.807, 2.05) is 5.57 Å². The lowest BCUT2D eigenvalue weighted by molar-refractivity contribution is -0.108. The van der Waals surface area contributed by atoms with E-state index in [1.165, 1.54) is 83.5 Å². The van der Waals surface area contributed by atoms with Crippen molar-refractivity contribution >= 4 is 0 Å². The zero-order valence-corrected chi connectivity index (χ0v) is 21.3. The monoisotopic (exact) mass is 418 g/mol. The molecule has 4 rings (SSSR count). The first-order valence-electron chi connectivity index (χ1n) is 14.0. The Labute approximate surface area is 193 Å². The largest absolute Gasteiger partial charge is 0.0845 e. The van der Waals surface area contributed by atoms with Crippen LogP contribution in [0, 0.1) is 52.3 Å². The fourth-order valence-corrected chi connectivity index (χ4v) is 9.31. The second-order valence-corrected chi connectivity index (χ2v) is 13.2. The maximum atomic E-state index is 2.78. The summed E-state index contributed by atoms with van der Waals surface area (Å²) in [5.41, 5.74) is 3.06. The molecule has 0 nitrogen and oxygen atoms in total. The molecule has 178 valence electrons. The molecule has 0 aliphatic heterocycles. The molecule has 4 unspecified atom stereocenters. The van der Waals surface area contributed by atoms with Gasteiger partial charge in [0.1, 0.15) is 0 Å². The normalized spacial score (nSPS) is 44.6. The van der Waals surface area contributed by atoms with E-state index in [-0.39, 0.29) is 4.28 Å². The van der Waals surface area contributed by atoms with Gasteiger partial charge in [0, 0.05) is 4.28 Å². The van der Waals surface area contributed by atoms with Crippen molar-refractivity contribution in [2.75, 3.05) is 0 Å². The Morgan fingerprint density at radius 1 is 1.00 bits per heavy atom. The Hall–Kier alpha value is -0.260. The Morgan fingerprint density at radius 3 is 2.53 bits per heavy atom. The second-order valence-electron chi connectivity index (χ2n) is 13.2. The van der Waals surface area contributed by atoms with Crippen molar-refractivity contribution in [1.82, 2.24) is 0 Å². The molecule has 0 bridgehead atoms. The molecule has 3 fully saturated rings. The van der Waals surface area contributed by atoms with Crippen molar-refractivity contribution in [3.8, 4) is 0 Å². The molecule has 4 aliphatic rings. The SMILES string of the molecule is CCC1CC[C@@]2(C)C(=CCC3C2CC[C@@]2(C)C3CCC[C@@H]2[C@H](C)CCCC(C)C)C1.[HH].[HH].[HH]. The standard InChI is InChI=1S/C30H52.3H2/c1-7-23-16-18-29(5)24(20-23)14-15-25-27-13-9-12-26(22(4)11-8-10-21(2)3)30(27,6)19-17-28(25)29;;;/h14,21-23,25-28H,7-13,15-20H2,1-6H3;3*1H/t22-,23?,25?,26-,27?,28?,29+,30-;;;/m1.../s1. The van der Waals surface area contributed by atoms with Crippen molar-refractivity contribution in [3.05, 3.63) is 11.6 Å². The zero-order chi connectivity index (χ0) is 21.5. The molecule has 30 heavy (non-hydrogen) atoms. The summed E-state index contributed by atoms with van der Waals surface area (Å²) >= 11 is 0. The van der Waals surface area contributed by atoms with Gasteiger partial charge in [-0.3, -0.25) is 0 Å². The minimum absolute atomic E-state index is 0. The Bertz CT molecular complexity index is 628. The molecule has 0 aromatic heterocycles. The van der Waals surface area contributed by atoms with E-state index in [9.17, 15) is 0 Å². The summed E-state index contributed by atoms with van der Waals surface area (Å²) in [4.78, 5) is 0. The third kappa shape index (κ3) is 3.96. The predicted octanol–water partition coefficient (Wildman–Crippen LogP) is 10.2. The number of allylic oxidation sites excluding steroid dienone is 2. The summed E-state index contributed by atoms with van der Waals surface area (Å²) in [6, 6.07) is 0. The van der Waals surface area contributed by atoms with E-state index < -0.39 is 0 Å². The first-order valence-corrected chi connectivity index (χ1v) is 14.0. The molecule has 0 spiro atoms. The topological polar surface area (TPSA) is 0 Å². The van der Waals surface area contributed by atoms with Gasteiger partial charge in [0.25, 0.3) is 0 Å². The van der Waals surface area contributed by atoms with Crippen LogP contribution in [0.3, 0.4) is 0 Å². The summed E-state index contributed by atoms with van der Waals surface area (Å²) in [6.07, 6.45) is 21.9. The molecule has 0 heteroatoms. The number of fused-ring (bicyclic) bond motifs is 5. The van der Waals surface area contributed by atoms with Crippen molar-refractivity contribution in [2.45, 2.75) is 125 Å². The quantitative estimate of drug-likeness (QED) is 0.376. The molecule has 0 saturated heterocycles. The molecule has 4 aliphatic carbocycles. The van der Waals surface area contributed by atoms with Crippen LogP contribution in [-0.4, -0.2) is 0 Å². The molecule has 8 atom stereocenters. The van der Waals surface area contributed by atoms with E-state index >= 15 is 0 Å². The Morgan fingerprint density at radius 2 is 1.80 bits per heavy atom. The molecular formula is C30H58. The lowest BCUT2D eigenvalue weighted by atomic mass is 9.42. The van der Waals surface area contributed by atoms with E-state index in [2.05, 4.69) is 47.6 Å². The third-order valence-electron chi connectivity index (χ3n) is 11.2. The number of hydrogen-bond acceptors (Lipinski definition) is 0. The van der Waals surface area contributed by atoms with E-state index in [0.717, 1.165) is 41.4 Å². The molecule has 0 radical (unpaired) electrons. The van der Waals surface area contributed by atoms with Gasteiger partial charge in [-0.2, -0.15) is 0 Å². The highest BCUT2D eigenvalue weighted by Crippen LogP contribution is 2.66. The van der Waals surface area contributed by atoms with Crippen LogP contribution >= 0.6 is 0 Å². The maximum Gasteiger partial charge on any atom is 0 e. The van der Waals surface area contributed by atoms with Crippen LogP contribution < -0.4 is 0 Å². The molecular weight excluding hydrogens is 360 g/mol. The van der Waals surface area contributed by atoms with E-state index in [4.69, 9.17) is 0 Å². The van der Waals surface area contributed by atoms with Crippen molar-refractivity contribution in [3.63, 3.8) is 0 Å². The summed E-state index contributed by atoms with van der Waals surface area (Å²) in [5, 5.41) is 0. The Kier molecular flexibility index (Phi) is 6.83. The molecule has 0 aromatic carbocycles. The zero-order valence-electron chi connectivity index (χ0n) is 21.3. The van der Waals surface area contributed by atoms with Crippen LogP contribution in [0.5, 0.6) is 0 Å². The molecule has 0 N–H and O–H groups in total. The molecule has 3 saturated carbocycles. The average Bonchev–Trinajstić information content (AvgIpc) is 2.71. The summed E-state index contributed by atoms with van der Waals surface area (Å²) in [5.74, 6) is 6.73. The molecule has 0 aromatic rings. The third-order valence-corrected chi connectivity index (χ3v) is 11.2. The summed E-state index contributed by atoms with van der Waals surface area (Å²) < 4.78 is 0.